The number of hydrogen-bond donors (Lipinski definition) is 1. The zero-order valence-electron chi connectivity index (χ0n) is 17.6. The van der Waals surface area contributed by atoms with Crippen molar-refractivity contribution in [3.8, 4) is 11.8 Å². The third-order valence-corrected chi connectivity index (χ3v) is 6.02. The maximum Gasteiger partial charge on any atom is 0.332 e. The van der Waals surface area contributed by atoms with E-state index in [-0.39, 0.29) is 12.6 Å². The Bertz CT molecular complexity index is 1310. The molecule has 1 aliphatic rings. The van der Waals surface area contributed by atoms with Crippen LogP contribution in [0, 0.1) is 11.8 Å². The molecule has 1 saturated heterocycles. The molecule has 1 aliphatic heterocycles. The second-order valence-corrected chi connectivity index (χ2v) is 8.18. The summed E-state index contributed by atoms with van der Waals surface area (Å²) >= 11 is 6.28. The number of rotatable bonds is 4. The predicted molar refractivity (Wildman–Crippen MR) is 123 cm³/mol. The number of halogens is 1. The maximum atomic E-state index is 13.5. The van der Waals surface area contributed by atoms with E-state index < -0.39 is 11.2 Å². The molecule has 2 aromatic heterocycles. The average molecular weight is 441 g/mol. The Morgan fingerprint density at radius 1 is 1.26 bits per heavy atom. The van der Waals surface area contributed by atoms with Crippen LogP contribution in [-0.2, 0) is 20.1 Å². The first-order valence-corrected chi connectivity index (χ1v) is 10.6. The summed E-state index contributed by atoms with van der Waals surface area (Å²) in [6.07, 6.45) is 1.90. The van der Waals surface area contributed by atoms with Crippen LogP contribution in [0.1, 0.15) is 25.3 Å². The molecule has 9 heteroatoms. The number of nitrogens with two attached hydrogens (primary N) is 1. The van der Waals surface area contributed by atoms with Gasteiger partial charge in [0, 0.05) is 31.2 Å². The van der Waals surface area contributed by atoms with Gasteiger partial charge in [-0.3, -0.25) is 18.5 Å². The largest absolute Gasteiger partial charge is 0.341 e. The number of fused-ring (bicyclic) bond motifs is 1. The van der Waals surface area contributed by atoms with Gasteiger partial charge in [-0.25, -0.2) is 4.79 Å². The normalized spacial score (nSPS) is 16.4. The molecule has 0 aliphatic carbocycles. The second kappa shape index (κ2) is 8.61. The summed E-state index contributed by atoms with van der Waals surface area (Å²) in [6, 6.07) is 7.22. The van der Waals surface area contributed by atoms with E-state index in [0.717, 1.165) is 19.4 Å². The lowest BCUT2D eigenvalue weighted by atomic mass is 10.1. The Kier molecular flexibility index (Phi) is 5.90. The van der Waals surface area contributed by atoms with Crippen LogP contribution in [0.15, 0.2) is 33.9 Å². The van der Waals surface area contributed by atoms with Crippen molar-refractivity contribution in [3.05, 3.63) is 55.7 Å². The van der Waals surface area contributed by atoms with E-state index in [0.29, 0.717) is 40.8 Å². The van der Waals surface area contributed by atoms with Gasteiger partial charge in [-0.05, 0) is 31.4 Å². The fraction of sp³-hybridized carbons (Fsp3) is 0.409. The molecule has 2 N–H and O–H groups in total. The van der Waals surface area contributed by atoms with Crippen molar-refractivity contribution in [3.63, 3.8) is 0 Å². The molecular weight excluding hydrogens is 416 g/mol. The molecule has 1 fully saturated rings. The highest BCUT2D eigenvalue weighted by atomic mass is 35.5. The molecule has 0 spiro atoms. The lowest BCUT2D eigenvalue weighted by molar-refractivity contribution is 0.496. The van der Waals surface area contributed by atoms with Gasteiger partial charge in [0.15, 0.2) is 11.2 Å². The van der Waals surface area contributed by atoms with Gasteiger partial charge >= 0.3 is 5.69 Å². The average Bonchev–Trinajstić information content (AvgIpc) is 3.14. The first-order chi connectivity index (χ1) is 14.9. The number of anilines is 1. The lowest BCUT2D eigenvalue weighted by Gasteiger charge is -2.31. The number of benzene rings is 1. The molecule has 1 unspecified atom stereocenters. The van der Waals surface area contributed by atoms with E-state index in [1.807, 2.05) is 12.1 Å². The number of aromatic nitrogens is 4. The van der Waals surface area contributed by atoms with Crippen LogP contribution < -0.4 is 21.9 Å². The number of imidazole rings is 1. The van der Waals surface area contributed by atoms with Crippen LogP contribution in [0.25, 0.3) is 11.2 Å². The molecule has 3 aromatic rings. The highest BCUT2D eigenvalue weighted by Gasteiger charge is 2.26. The molecule has 0 radical (unpaired) electrons. The molecule has 31 heavy (non-hydrogen) atoms. The molecule has 8 nitrogen and oxygen atoms in total. The van der Waals surface area contributed by atoms with Gasteiger partial charge in [-0.2, -0.15) is 4.98 Å². The molecule has 162 valence electrons. The topological polar surface area (TPSA) is 91.1 Å². The summed E-state index contributed by atoms with van der Waals surface area (Å²) in [5.41, 5.74) is 6.73. The van der Waals surface area contributed by atoms with Crippen LogP contribution in [0.3, 0.4) is 0 Å². The fourth-order valence-electron chi connectivity index (χ4n) is 4.04. The summed E-state index contributed by atoms with van der Waals surface area (Å²) < 4.78 is 4.42. The van der Waals surface area contributed by atoms with E-state index in [4.69, 9.17) is 22.3 Å². The van der Waals surface area contributed by atoms with Gasteiger partial charge < -0.3 is 10.6 Å². The summed E-state index contributed by atoms with van der Waals surface area (Å²) in [6.45, 7) is 3.56. The quantitative estimate of drug-likeness (QED) is 0.621. The van der Waals surface area contributed by atoms with Crippen LogP contribution in [-0.4, -0.2) is 37.8 Å². The minimum atomic E-state index is -0.439. The van der Waals surface area contributed by atoms with Crippen molar-refractivity contribution in [2.45, 2.75) is 38.9 Å². The number of nitrogens with zero attached hydrogens (tertiary/aromatic N) is 5. The van der Waals surface area contributed by atoms with Crippen molar-refractivity contribution >= 4 is 28.7 Å². The Hall–Kier alpha value is -3.02. The van der Waals surface area contributed by atoms with Crippen molar-refractivity contribution in [1.29, 1.82) is 0 Å². The number of aryl methyl sites for hydroxylation is 1. The van der Waals surface area contributed by atoms with Gasteiger partial charge in [-0.15, -0.1) is 5.92 Å². The van der Waals surface area contributed by atoms with Gasteiger partial charge in [0.25, 0.3) is 5.56 Å². The molecule has 3 heterocycles. The second-order valence-electron chi connectivity index (χ2n) is 7.77. The molecule has 0 amide bonds. The number of piperidine rings is 1. The Morgan fingerprint density at radius 3 is 2.74 bits per heavy atom. The fourth-order valence-corrected chi connectivity index (χ4v) is 4.23. The van der Waals surface area contributed by atoms with Gasteiger partial charge in [-0.1, -0.05) is 35.7 Å². The highest BCUT2D eigenvalue weighted by Crippen LogP contribution is 2.23. The van der Waals surface area contributed by atoms with Gasteiger partial charge in [0.05, 0.1) is 13.1 Å². The van der Waals surface area contributed by atoms with Gasteiger partial charge in [0.1, 0.15) is 0 Å². The standard InChI is InChI=1S/C22H25ClN6O2/c1-3-4-12-28-18-19(25-21(28)27-11-7-9-16(24)14-27)26(2)22(31)29(20(18)30)13-15-8-5-6-10-17(15)23/h5-6,8,10,16H,7,9,11-14,24H2,1-2H3. The first-order valence-electron chi connectivity index (χ1n) is 10.3. The molecular formula is C22H25ClN6O2. The third-order valence-electron chi connectivity index (χ3n) is 5.65. The molecule has 1 aromatic carbocycles. The zero-order valence-corrected chi connectivity index (χ0v) is 18.4. The molecule has 0 saturated carbocycles. The van der Waals surface area contributed by atoms with Crippen molar-refractivity contribution in [1.82, 2.24) is 18.7 Å². The molecule has 0 bridgehead atoms. The summed E-state index contributed by atoms with van der Waals surface area (Å²) in [5, 5.41) is 0.505. The minimum absolute atomic E-state index is 0.0416. The van der Waals surface area contributed by atoms with Crippen LogP contribution in [0.2, 0.25) is 5.02 Å². The SMILES string of the molecule is CC#CCn1c(N2CCCC(N)C2)nc2c1c(=O)n(Cc1ccccc1Cl)c(=O)n2C. The Labute approximate surface area is 184 Å². The maximum absolute atomic E-state index is 13.5. The van der Waals surface area contributed by atoms with E-state index in [2.05, 4.69) is 16.7 Å². The predicted octanol–water partition coefficient (Wildman–Crippen LogP) is 1.55. The van der Waals surface area contributed by atoms with Gasteiger partial charge in [0.2, 0.25) is 5.95 Å². The van der Waals surface area contributed by atoms with E-state index in [9.17, 15) is 9.59 Å². The third kappa shape index (κ3) is 3.87. The Balaban J connectivity index is 1.94. The van der Waals surface area contributed by atoms with Crippen molar-refractivity contribution in [2.24, 2.45) is 12.8 Å². The first kappa shape index (κ1) is 21.2. The monoisotopic (exact) mass is 440 g/mol. The highest BCUT2D eigenvalue weighted by molar-refractivity contribution is 6.31. The summed E-state index contributed by atoms with van der Waals surface area (Å²) in [5.74, 6) is 6.53. The van der Waals surface area contributed by atoms with Crippen LogP contribution >= 0.6 is 11.6 Å². The smallest absolute Gasteiger partial charge is 0.332 e. The zero-order chi connectivity index (χ0) is 22.1. The summed E-state index contributed by atoms with van der Waals surface area (Å²) in [7, 11) is 1.63. The molecule has 1 atom stereocenters. The van der Waals surface area contributed by atoms with Crippen LogP contribution in [0.5, 0.6) is 0 Å². The molecule has 4 rings (SSSR count). The number of hydrogen-bond acceptors (Lipinski definition) is 5. The van der Waals surface area contributed by atoms with E-state index in [1.165, 1.54) is 9.13 Å². The summed E-state index contributed by atoms with van der Waals surface area (Å²) in [4.78, 5) is 33.3. The Morgan fingerprint density at radius 2 is 2.03 bits per heavy atom. The van der Waals surface area contributed by atoms with E-state index >= 15 is 0 Å². The van der Waals surface area contributed by atoms with Crippen molar-refractivity contribution in [2.75, 3.05) is 18.0 Å². The van der Waals surface area contributed by atoms with Crippen LogP contribution in [0.4, 0.5) is 5.95 Å². The lowest BCUT2D eigenvalue weighted by Crippen LogP contribution is -2.44. The van der Waals surface area contributed by atoms with Crippen molar-refractivity contribution < 1.29 is 0 Å². The van der Waals surface area contributed by atoms with E-state index in [1.54, 1.807) is 30.7 Å². The minimum Gasteiger partial charge on any atom is -0.341 e.